The number of hydrogen-bond donors (Lipinski definition) is 1. The molecule has 1 N–H and O–H groups in total. The SMILES string of the molecule is O=C1Nc2nc(C(F)(F)F)cc(=O)n2C1Cc1ccc(Cl)cc1. The highest BCUT2D eigenvalue weighted by molar-refractivity contribution is 6.30. The van der Waals surface area contributed by atoms with Gasteiger partial charge in [0.05, 0.1) is 0 Å². The number of aromatic nitrogens is 2. The van der Waals surface area contributed by atoms with E-state index in [-0.39, 0.29) is 6.42 Å². The Kier molecular flexibility index (Phi) is 3.63. The van der Waals surface area contributed by atoms with E-state index in [1.165, 1.54) is 0 Å². The van der Waals surface area contributed by atoms with Crippen molar-refractivity contribution in [2.75, 3.05) is 5.32 Å². The van der Waals surface area contributed by atoms with Crippen LogP contribution >= 0.6 is 11.6 Å². The van der Waals surface area contributed by atoms with Gasteiger partial charge in [-0.1, -0.05) is 23.7 Å². The van der Waals surface area contributed by atoms with E-state index in [0.29, 0.717) is 16.7 Å². The molecule has 3 rings (SSSR count). The van der Waals surface area contributed by atoms with Crippen molar-refractivity contribution in [2.24, 2.45) is 0 Å². The molecule has 5 nitrogen and oxygen atoms in total. The van der Waals surface area contributed by atoms with Crippen LogP contribution < -0.4 is 10.9 Å². The zero-order valence-corrected chi connectivity index (χ0v) is 12.1. The summed E-state index contributed by atoms with van der Waals surface area (Å²) < 4.78 is 39.0. The maximum Gasteiger partial charge on any atom is 0.433 e. The summed E-state index contributed by atoms with van der Waals surface area (Å²) in [5, 5.41) is 2.73. The predicted molar refractivity (Wildman–Crippen MR) is 76.3 cm³/mol. The monoisotopic (exact) mass is 343 g/mol. The van der Waals surface area contributed by atoms with E-state index < -0.39 is 35.3 Å². The third-order valence-electron chi connectivity index (χ3n) is 3.43. The number of rotatable bonds is 2. The molecule has 2 aromatic rings. The van der Waals surface area contributed by atoms with Crippen LogP contribution in [-0.2, 0) is 17.4 Å². The molecule has 0 bridgehead atoms. The van der Waals surface area contributed by atoms with E-state index in [4.69, 9.17) is 11.6 Å². The van der Waals surface area contributed by atoms with E-state index in [0.717, 1.165) is 4.57 Å². The van der Waals surface area contributed by atoms with Crippen molar-refractivity contribution < 1.29 is 18.0 Å². The maximum atomic E-state index is 12.7. The van der Waals surface area contributed by atoms with Gasteiger partial charge in [0.25, 0.3) is 5.56 Å². The molecule has 23 heavy (non-hydrogen) atoms. The third-order valence-corrected chi connectivity index (χ3v) is 3.69. The highest BCUT2D eigenvalue weighted by Crippen LogP contribution is 2.30. The maximum absolute atomic E-state index is 12.7. The van der Waals surface area contributed by atoms with Crippen molar-refractivity contribution in [1.29, 1.82) is 0 Å². The molecule has 1 amide bonds. The second-order valence-corrected chi connectivity index (χ2v) is 5.44. The summed E-state index contributed by atoms with van der Waals surface area (Å²) in [5.74, 6) is -0.974. The summed E-state index contributed by atoms with van der Waals surface area (Å²) >= 11 is 5.77. The minimum Gasteiger partial charge on any atom is -0.294 e. The highest BCUT2D eigenvalue weighted by Gasteiger charge is 2.38. The quantitative estimate of drug-likeness (QED) is 0.911. The number of fused-ring (bicyclic) bond motifs is 1. The Morgan fingerprint density at radius 2 is 1.87 bits per heavy atom. The number of halogens is 4. The van der Waals surface area contributed by atoms with E-state index in [1.807, 2.05) is 0 Å². The van der Waals surface area contributed by atoms with Crippen LogP contribution in [-0.4, -0.2) is 15.5 Å². The van der Waals surface area contributed by atoms with Crippen molar-refractivity contribution >= 4 is 23.5 Å². The molecular weight excluding hydrogens is 335 g/mol. The van der Waals surface area contributed by atoms with Gasteiger partial charge in [-0.05, 0) is 17.7 Å². The van der Waals surface area contributed by atoms with Crippen molar-refractivity contribution in [3.05, 3.63) is 57.0 Å². The predicted octanol–water partition coefficient (Wildman–Crippen LogP) is 2.65. The fraction of sp³-hybridized carbons (Fsp3) is 0.214. The van der Waals surface area contributed by atoms with E-state index in [2.05, 4.69) is 10.3 Å². The number of alkyl halides is 3. The number of anilines is 1. The molecule has 0 aliphatic carbocycles. The Bertz CT molecular complexity index is 831. The van der Waals surface area contributed by atoms with Crippen LogP contribution in [0.4, 0.5) is 19.1 Å². The molecule has 1 atom stereocenters. The Labute approximate surface area is 132 Å². The molecule has 1 aromatic carbocycles. The summed E-state index contributed by atoms with van der Waals surface area (Å²) in [6.45, 7) is 0. The van der Waals surface area contributed by atoms with Crippen LogP contribution in [0.25, 0.3) is 0 Å². The van der Waals surface area contributed by atoms with Crippen molar-refractivity contribution in [1.82, 2.24) is 9.55 Å². The van der Waals surface area contributed by atoms with Gasteiger partial charge in [0.1, 0.15) is 6.04 Å². The second kappa shape index (κ2) is 5.38. The minimum absolute atomic E-state index is 0.142. The van der Waals surface area contributed by atoms with Crippen LogP contribution in [0.15, 0.2) is 35.1 Å². The number of carbonyl (C=O) groups is 1. The lowest BCUT2D eigenvalue weighted by Crippen LogP contribution is -2.27. The molecule has 1 aliphatic rings. The first kappa shape index (κ1) is 15.5. The Morgan fingerprint density at radius 1 is 1.22 bits per heavy atom. The van der Waals surface area contributed by atoms with Gasteiger partial charge in [0, 0.05) is 17.5 Å². The standard InChI is InChI=1S/C14H9ClF3N3O2/c15-8-3-1-7(2-4-8)5-9-12(23)20-13-19-10(14(16,17)18)6-11(22)21(9)13/h1-4,6,9H,5H2,(H,19,20,23). The van der Waals surface area contributed by atoms with Gasteiger partial charge in [-0.15, -0.1) is 0 Å². The minimum atomic E-state index is -4.76. The average Bonchev–Trinajstić information content (AvgIpc) is 2.77. The normalized spacial score (nSPS) is 17.0. The number of benzene rings is 1. The zero-order valence-electron chi connectivity index (χ0n) is 11.4. The summed E-state index contributed by atoms with van der Waals surface area (Å²) in [7, 11) is 0. The molecule has 1 unspecified atom stereocenters. The number of carbonyl (C=O) groups excluding carboxylic acids is 1. The summed E-state index contributed by atoms with van der Waals surface area (Å²) in [5.41, 5.74) is -1.55. The Hall–Kier alpha value is -2.35. The number of nitrogens with zero attached hydrogens (tertiary/aromatic N) is 2. The molecule has 120 valence electrons. The van der Waals surface area contributed by atoms with Crippen LogP contribution in [0.2, 0.25) is 5.02 Å². The number of amides is 1. The molecule has 1 aromatic heterocycles. The summed E-state index contributed by atoms with van der Waals surface area (Å²) in [6.07, 6.45) is -4.61. The first-order valence-corrected chi connectivity index (χ1v) is 6.89. The number of hydrogen-bond acceptors (Lipinski definition) is 3. The van der Waals surface area contributed by atoms with Crippen molar-refractivity contribution in [2.45, 2.75) is 18.6 Å². The summed E-state index contributed by atoms with van der Waals surface area (Å²) in [6, 6.07) is 6.04. The molecule has 0 radical (unpaired) electrons. The van der Waals surface area contributed by atoms with Crippen molar-refractivity contribution in [3.8, 4) is 0 Å². The van der Waals surface area contributed by atoms with Gasteiger partial charge in [-0.3, -0.25) is 19.5 Å². The molecule has 0 fully saturated rings. The van der Waals surface area contributed by atoms with E-state index in [1.54, 1.807) is 24.3 Å². The highest BCUT2D eigenvalue weighted by atomic mass is 35.5. The Balaban J connectivity index is 1.99. The molecule has 9 heteroatoms. The summed E-state index contributed by atoms with van der Waals surface area (Å²) in [4.78, 5) is 27.3. The smallest absolute Gasteiger partial charge is 0.294 e. The molecule has 2 heterocycles. The van der Waals surface area contributed by atoms with Gasteiger partial charge in [0.15, 0.2) is 5.69 Å². The Morgan fingerprint density at radius 3 is 2.48 bits per heavy atom. The fourth-order valence-electron chi connectivity index (χ4n) is 2.36. The molecule has 0 saturated carbocycles. The topological polar surface area (TPSA) is 64.0 Å². The molecular formula is C14H9ClF3N3O2. The second-order valence-electron chi connectivity index (χ2n) is 5.01. The van der Waals surface area contributed by atoms with Crippen LogP contribution in [0.3, 0.4) is 0 Å². The largest absolute Gasteiger partial charge is 0.433 e. The van der Waals surface area contributed by atoms with E-state index in [9.17, 15) is 22.8 Å². The third kappa shape index (κ3) is 2.94. The fourth-order valence-corrected chi connectivity index (χ4v) is 2.49. The lowest BCUT2D eigenvalue weighted by atomic mass is 10.1. The molecule has 1 aliphatic heterocycles. The van der Waals surface area contributed by atoms with Crippen LogP contribution in [0.5, 0.6) is 0 Å². The average molecular weight is 344 g/mol. The van der Waals surface area contributed by atoms with Gasteiger partial charge in [0.2, 0.25) is 11.9 Å². The van der Waals surface area contributed by atoms with Crippen molar-refractivity contribution in [3.63, 3.8) is 0 Å². The molecule has 0 saturated heterocycles. The van der Waals surface area contributed by atoms with Gasteiger partial charge in [-0.2, -0.15) is 13.2 Å². The van der Waals surface area contributed by atoms with Gasteiger partial charge < -0.3 is 0 Å². The van der Waals surface area contributed by atoms with E-state index >= 15 is 0 Å². The lowest BCUT2D eigenvalue weighted by molar-refractivity contribution is -0.141. The van der Waals surface area contributed by atoms with Gasteiger partial charge >= 0.3 is 6.18 Å². The van der Waals surface area contributed by atoms with Crippen LogP contribution in [0.1, 0.15) is 17.3 Å². The van der Waals surface area contributed by atoms with Gasteiger partial charge in [-0.25, -0.2) is 4.98 Å². The first-order valence-electron chi connectivity index (χ1n) is 6.52. The molecule has 0 spiro atoms. The van der Waals surface area contributed by atoms with Crippen LogP contribution in [0, 0.1) is 0 Å². The first-order chi connectivity index (χ1) is 10.8. The number of nitrogens with one attached hydrogen (secondary N) is 1. The lowest BCUT2D eigenvalue weighted by Gasteiger charge is -2.12. The zero-order chi connectivity index (χ0) is 16.8.